The Morgan fingerprint density at radius 2 is 1.88 bits per heavy atom. The van der Waals surface area contributed by atoms with Gasteiger partial charge in [0.25, 0.3) is 5.91 Å². The maximum Gasteiger partial charge on any atom is 0.251 e. The van der Waals surface area contributed by atoms with Crippen LogP contribution in [0.5, 0.6) is 0 Å². The molecule has 4 aromatic rings. The van der Waals surface area contributed by atoms with Crippen LogP contribution in [0.3, 0.4) is 0 Å². The van der Waals surface area contributed by atoms with E-state index in [1.807, 2.05) is 0 Å². The number of nitrogens with one attached hydrogen (secondary N) is 1. The Morgan fingerprint density at radius 3 is 2.55 bits per heavy atom. The summed E-state index contributed by atoms with van der Waals surface area (Å²) in [5, 5.41) is 16.5. The molecule has 202 valence electrons. The van der Waals surface area contributed by atoms with Crippen LogP contribution >= 0.6 is 0 Å². The van der Waals surface area contributed by atoms with E-state index in [0.717, 1.165) is 42.7 Å². The number of halogens is 3. The standard InChI is InChI=1S/C29H23F3N6O2/c30-19-8-16(9-20(31)12-19)10-25(36-27(39)15-38-14-23(17-3-4-17)26(13-33)37-38)28-21(2-1-7-35-28)18-5-6-24(32)22(11-18)29(34)40/h1-2,5-9,11-12,14,17,25H,3-4,10,15H2,(H2,34,40)(H,36,39). The number of nitrogens with zero attached hydrogens (tertiary/aromatic N) is 4. The molecule has 0 bridgehead atoms. The van der Waals surface area contributed by atoms with Crippen LogP contribution in [-0.4, -0.2) is 26.6 Å². The lowest BCUT2D eigenvalue weighted by Gasteiger charge is -2.22. The molecule has 5 rings (SSSR count). The quantitative estimate of drug-likeness (QED) is 0.325. The predicted molar refractivity (Wildman–Crippen MR) is 138 cm³/mol. The van der Waals surface area contributed by atoms with Crippen molar-refractivity contribution in [1.82, 2.24) is 20.1 Å². The third kappa shape index (κ3) is 5.86. The van der Waals surface area contributed by atoms with E-state index in [2.05, 4.69) is 21.5 Å². The number of benzene rings is 2. The highest BCUT2D eigenvalue weighted by Gasteiger charge is 2.29. The molecule has 1 saturated carbocycles. The summed E-state index contributed by atoms with van der Waals surface area (Å²) in [6.07, 6.45) is 5.05. The van der Waals surface area contributed by atoms with Crippen LogP contribution in [0.2, 0.25) is 0 Å². The van der Waals surface area contributed by atoms with Crippen LogP contribution in [0.15, 0.2) is 60.9 Å². The van der Waals surface area contributed by atoms with Crippen molar-refractivity contribution in [2.45, 2.75) is 37.8 Å². The molecule has 0 spiro atoms. The molecule has 2 aromatic heterocycles. The van der Waals surface area contributed by atoms with Gasteiger partial charge in [0.15, 0.2) is 5.69 Å². The maximum absolute atomic E-state index is 14.2. The van der Waals surface area contributed by atoms with Crippen molar-refractivity contribution >= 4 is 11.8 Å². The molecule has 1 aliphatic carbocycles. The van der Waals surface area contributed by atoms with Crippen molar-refractivity contribution in [3.8, 4) is 17.2 Å². The Kier molecular flexibility index (Phi) is 7.33. The van der Waals surface area contributed by atoms with E-state index >= 15 is 0 Å². The minimum absolute atomic E-state index is 0.0375. The average molecular weight is 545 g/mol. The van der Waals surface area contributed by atoms with Gasteiger partial charge in [-0.2, -0.15) is 10.4 Å². The van der Waals surface area contributed by atoms with Crippen LogP contribution in [-0.2, 0) is 17.8 Å². The molecule has 0 radical (unpaired) electrons. The van der Waals surface area contributed by atoms with E-state index in [4.69, 9.17) is 5.73 Å². The fraction of sp³-hybridized carbons (Fsp3) is 0.207. The molecule has 1 unspecified atom stereocenters. The second-order valence-corrected chi connectivity index (χ2v) is 9.61. The fourth-order valence-corrected chi connectivity index (χ4v) is 4.69. The summed E-state index contributed by atoms with van der Waals surface area (Å²) in [6.45, 7) is -0.208. The summed E-state index contributed by atoms with van der Waals surface area (Å²) in [5.74, 6) is -3.52. The highest BCUT2D eigenvalue weighted by Crippen LogP contribution is 2.41. The highest BCUT2D eigenvalue weighted by molar-refractivity contribution is 5.94. The van der Waals surface area contributed by atoms with Crippen molar-refractivity contribution in [3.63, 3.8) is 0 Å². The van der Waals surface area contributed by atoms with Gasteiger partial charge in [-0.25, -0.2) is 13.2 Å². The van der Waals surface area contributed by atoms with E-state index in [9.17, 15) is 28.0 Å². The van der Waals surface area contributed by atoms with Crippen molar-refractivity contribution in [3.05, 3.63) is 106 Å². The van der Waals surface area contributed by atoms with Gasteiger partial charge < -0.3 is 11.1 Å². The normalized spacial score (nSPS) is 13.4. The van der Waals surface area contributed by atoms with E-state index < -0.39 is 35.3 Å². The van der Waals surface area contributed by atoms with E-state index in [1.54, 1.807) is 18.3 Å². The van der Waals surface area contributed by atoms with Crippen LogP contribution in [0.1, 0.15) is 57.7 Å². The number of hydrogen-bond acceptors (Lipinski definition) is 5. The Hall–Kier alpha value is -4.98. The van der Waals surface area contributed by atoms with E-state index in [1.165, 1.54) is 23.0 Å². The zero-order valence-corrected chi connectivity index (χ0v) is 21.1. The number of aromatic nitrogens is 3. The third-order valence-corrected chi connectivity index (χ3v) is 6.63. The number of carbonyl (C=O) groups is 2. The Balaban J connectivity index is 1.50. The smallest absolute Gasteiger partial charge is 0.251 e. The van der Waals surface area contributed by atoms with Gasteiger partial charge in [0, 0.05) is 29.6 Å². The molecule has 2 heterocycles. The number of hydrogen-bond donors (Lipinski definition) is 2. The van der Waals surface area contributed by atoms with E-state index in [-0.39, 0.29) is 35.7 Å². The topological polar surface area (TPSA) is 127 Å². The van der Waals surface area contributed by atoms with Gasteiger partial charge in [0.1, 0.15) is 30.1 Å². The number of nitriles is 1. The Morgan fingerprint density at radius 1 is 1.12 bits per heavy atom. The molecule has 1 aliphatic rings. The lowest BCUT2D eigenvalue weighted by atomic mass is 9.94. The molecule has 1 fully saturated rings. The summed E-state index contributed by atoms with van der Waals surface area (Å²) >= 11 is 0. The minimum atomic E-state index is -0.952. The molecular formula is C29H23F3N6O2. The number of carbonyl (C=O) groups excluding carboxylic acids is 2. The minimum Gasteiger partial charge on any atom is -0.366 e. The first-order valence-electron chi connectivity index (χ1n) is 12.5. The van der Waals surface area contributed by atoms with Gasteiger partial charge in [0.2, 0.25) is 5.91 Å². The van der Waals surface area contributed by atoms with Crippen LogP contribution in [0.4, 0.5) is 13.2 Å². The summed E-state index contributed by atoms with van der Waals surface area (Å²) in [7, 11) is 0. The van der Waals surface area contributed by atoms with Gasteiger partial charge >= 0.3 is 0 Å². The first kappa shape index (κ1) is 26.6. The van der Waals surface area contributed by atoms with Crippen molar-refractivity contribution in [2.75, 3.05) is 0 Å². The zero-order valence-electron chi connectivity index (χ0n) is 21.1. The molecule has 2 aromatic carbocycles. The number of pyridine rings is 1. The summed E-state index contributed by atoms with van der Waals surface area (Å²) in [6, 6.07) is 11.3. The van der Waals surface area contributed by atoms with E-state index in [0.29, 0.717) is 16.8 Å². The number of amides is 2. The molecule has 3 N–H and O–H groups in total. The molecule has 11 heteroatoms. The monoisotopic (exact) mass is 544 g/mol. The van der Waals surface area contributed by atoms with Gasteiger partial charge in [-0.1, -0.05) is 12.1 Å². The van der Waals surface area contributed by atoms with Crippen LogP contribution < -0.4 is 11.1 Å². The van der Waals surface area contributed by atoms with Gasteiger partial charge in [-0.3, -0.25) is 19.3 Å². The molecule has 2 amide bonds. The third-order valence-electron chi connectivity index (χ3n) is 6.63. The highest BCUT2D eigenvalue weighted by atomic mass is 19.1. The second-order valence-electron chi connectivity index (χ2n) is 9.61. The van der Waals surface area contributed by atoms with Crippen LogP contribution in [0, 0.1) is 28.8 Å². The molecule has 8 nitrogen and oxygen atoms in total. The lowest BCUT2D eigenvalue weighted by Crippen LogP contribution is -2.33. The lowest BCUT2D eigenvalue weighted by molar-refractivity contribution is -0.122. The fourth-order valence-electron chi connectivity index (χ4n) is 4.69. The van der Waals surface area contributed by atoms with Crippen molar-refractivity contribution < 1.29 is 22.8 Å². The second kappa shape index (κ2) is 11.0. The molecule has 40 heavy (non-hydrogen) atoms. The Labute approximate surface area is 227 Å². The first-order chi connectivity index (χ1) is 19.2. The molecule has 0 saturated heterocycles. The molecule has 0 aliphatic heterocycles. The number of nitrogens with two attached hydrogens (primary N) is 1. The molecular weight excluding hydrogens is 521 g/mol. The largest absolute Gasteiger partial charge is 0.366 e. The van der Waals surface area contributed by atoms with Crippen LogP contribution in [0.25, 0.3) is 11.1 Å². The predicted octanol–water partition coefficient (Wildman–Crippen LogP) is 4.31. The van der Waals surface area contributed by atoms with Gasteiger partial charge in [-0.15, -0.1) is 0 Å². The number of primary amides is 1. The van der Waals surface area contributed by atoms with Crippen molar-refractivity contribution in [1.29, 1.82) is 5.26 Å². The Bertz CT molecular complexity index is 1640. The zero-order chi connectivity index (χ0) is 28.4. The van der Waals surface area contributed by atoms with Gasteiger partial charge in [-0.05, 0) is 66.6 Å². The van der Waals surface area contributed by atoms with Crippen molar-refractivity contribution in [2.24, 2.45) is 5.73 Å². The summed E-state index contributed by atoms with van der Waals surface area (Å²) in [4.78, 5) is 29.4. The summed E-state index contributed by atoms with van der Waals surface area (Å²) < 4.78 is 43.6. The van der Waals surface area contributed by atoms with Gasteiger partial charge in [0.05, 0.1) is 17.3 Å². The number of rotatable bonds is 9. The summed E-state index contributed by atoms with van der Waals surface area (Å²) in [5.41, 5.74) is 7.52. The molecule has 1 atom stereocenters. The average Bonchev–Trinajstić information content (AvgIpc) is 3.68. The maximum atomic E-state index is 14.2. The first-order valence-corrected chi connectivity index (χ1v) is 12.5. The SMILES string of the molecule is N#Cc1nn(CC(=O)NC(Cc2cc(F)cc(F)c2)c2ncccc2-c2ccc(F)c(C(N)=O)c2)cc1C1CC1.